The Balaban J connectivity index is 1.38. The highest BCUT2D eigenvalue weighted by atomic mass is 16.7. The molecule has 0 unspecified atom stereocenters. The SMILES string of the molecule is O=C(OCOC(=O)c1ccc2c(c1)C(=O)OC2=O)c1ccc2c(c1)C(=O)CC2=O. The molecule has 1 aliphatic carbocycles. The number of esters is 4. The van der Waals surface area contributed by atoms with Gasteiger partial charge in [-0.1, -0.05) is 0 Å². The third kappa shape index (κ3) is 3.18. The van der Waals surface area contributed by atoms with E-state index in [0.717, 1.165) is 6.07 Å². The lowest BCUT2D eigenvalue weighted by molar-refractivity contribution is -0.0167. The molecule has 4 rings (SSSR count). The fraction of sp³-hybridized carbons (Fsp3) is 0.100. The zero-order valence-corrected chi connectivity index (χ0v) is 14.6. The van der Waals surface area contributed by atoms with E-state index in [1.807, 2.05) is 0 Å². The van der Waals surface area contributed by atoms with Crippen LogP contribution in [-0.4, -0.2) is 42.2 Å². The van der Waals surface area contributed by atoms with Crippen LogP contribution in [0.3, 0.4) is 0 Å². The summed E-state index contributed by atoms with van der Waals surface area (Å²) in [5.74, 6) is -4.08. The van der Waals surface area contributed by atoms with Crippen molar-refractivity contribution in [1.82, 2.24) is 0 Å². The highest BCUT2D eigenvalue weighted by molar-refractivity contribution is 6.24. The molecule has 0 saturated carbocycles. The molecule has 144 valence electrons. The van der Waals surface area contributed by atoms with Gasteiger partial charge in [0.2, 0.25) is 6.79 Å². The largest absolute Gasteiger partial charge is 0.424 e. The minimum Gasteiger partial charge on any atom is -0.424 e. The van der Waals surface area contributed by atoms with E-state index in [-0.39, 0.29) is 51.4 Å². The Morgan fingerprint density at radius 2 is 1.24 bits per heavy atom. The normalized spacial score (nSPS) is 14.3. The fourth-order valence-corrected chi connectivity index (χ4v) is 3.00. The van der Waals surface area contributed by atoms with Gasteiger partial charge in [0.05, 0.1) is 28.7 Å². The molecule has 0 N–H and O–H groups in total. The zero-order chi connectivity index (χ0) is 20.7. The van der Waals surface area contributed by atoms with Crippen molar-refractivity contribution in [3.05, 3.63) is 69.8 Å². The van der Waals surface area contributed by atoms with E-state index < -0.39 is 30.7 Å². The number of rotatable bonds is 4. The van der Waals surface area contributed by atoms with E-state index in [2.05, 4.69) is 4.74 Å². The van der Waals surface area contributed by atoms with Crippen LogP contribution < -0.4 is 0 Å². The number of hydrogen-bond acceptors (Lipinski definition) is 9. The predicted octanol–water partition coefficient (Wildman–Crippen LogP) is 1.74. The standard InChI is InChI=1S/C20H10O9/c21-15-7-16(22)13-5-9(1-3-11(13)15)17(23)27-8-28-18(24)10-2-4-12-14(6-10)20(26)29-19(12)25/h1-6H,7-8H2. The molecule has 0 fully saturated rings. The molecule has 9 nitrogen and oxygen atoms in total. The van der Waals surface area contributed by atoms with Crippen molar-refractivity contribution in [1.29, 1.82) is 0 Å². The number of cyclic esters (lactones) is 2. The molecule has 0 spiro atoms. The lowest BCUT2D eigenvalue weighted by Crippen LogP contribution is -2.14. The average molecular weight is 394 g/mol. The Kier molecular flexibility index (Phi) is 4.27. The third-order valence-electron chi connectivity index (χ3n) is 4.44. The van der Waals surface area contributed by atoms with Gasteiger partial charge < -0.3 is 14.2 Å². The minimum absolute atomic E-state index is 0.0293. The summed E-state index contributed by atoms with van der Waals surface area (Å²) < 4.78 is 14.1. The summed E-state index contributed by atoms with van der Waals surface area (Å²) in [5, 5.41) is 0. The molecule has 1 aliphatic heterocycles. The third-order valence-corrected chi connectivity index (χ3v) is 4.44. The van der Waals surface area contributed by atoms with E-state index in [4.69, 9.17) is 9.47 Å². The van der Waals surface area contributed by atoms with Crippen molar-refractivity contribution in [3.8, 4) is 0 Å². The van der Waals surface area contributed by atoms with Gasteiger partial charge in [0.25, 0.3) is 0 Å². The molecule has 0 radical (unpaired) electrons. The van der Waals surface area contributed by atoms with Crippen LogP contribution in [-0.2, 0) is 14.2 Å². The first-order valence-corrected chi connectivity index (χ1v) is 8.30. The lowest BCUT2D eigenvalue weighted by Gasteiger charge is -2.07. The molecule has 1 heterocycles. The maximum absolute atomic E-state index is 12.1. The number of ether oxygens (including phenoxy) is 3. The molecule has 9 heteroatoms. The number of ketones is 2. The lowest BCUT2D eigenvalue weighted by atomic mass is 10.1. The van der Waals surface area contributed by atoms with Crippen molar-refractivity contribution in [2.45, 2.75) is 6.42 Å². The van der Waals surface area contributed by atoms with Crippen molar-refractivity contribution < 1.29 is 43.0 Å². The fourth-order valence-electron chi connectivity index (χ4n) is 3.00. The van der Waals surface area contributed by atoms with Crippen LogP contribution in [0.4, 0.5) is 0 Å². The second-order valence-corrected chi connectivity index (χ2v) is 6.20. The second-order valence-electron chi connectivity index (χ2n) is 6.20. The summed E-state index contributed by atoms with van der Waals surface area (Å²) in [6.45, 7) is -0.720. The van der Waals surface area contributed by atoms with Gasteiger partial charge in [-0.15, -0.1) is 0 Å². The van der Waals surface area contributed by atoms with Crippen LogP contribution in [0.1, 0.15) is 68.6 Å². The van der Waals surface area contributed by atoms with E-state index in [9.17, 15) is 28.8 Å². The Morgan fingerprint density at radius 1 is 0.724 bits per heavy atom. The quantitative estimate of drug-likeness (QED) is 0.432. The van der Waals surface area contributed by atoms with Crippen LogP contribution in [0.25, 0.3) is 0 Å². The van der Waals surface area contributed by atoms with Gasteiger partial charge in [0.15, 0.2) is 11.6 Å². The molecular formula is C20H10O9. The van der Waals surface area contributed by atoms with Gasteiger partial charge in [0, 0.05) is 11.1 Å². The summed E-state index contributed by atoms with van der Waals surface area (Å²) >= 11 is 0. The first kappa shape index (κ1) is 18.2. The van der Waals surface area contributed by atoms with Crippen molar-refractivity contribution in [3.63, 3.8) is 0 Å². The summed E-state index contributed by atoms with van der Waals surface area (Å²) in [6.07, 6.45) is -0.231. The van der Waals surface area contributed by atoms with Gasteiger partial charge in [0.1, 0.15) is 0 Å². The van der Waals surface area contributed by atoms with Crippen molar-refractivity contribution in [2.75, 3.05) is 6.79 Å². The molecule has 29 heavy (non-hydrogen) atoms. The van der Waals surface area contributed by atoms with Crippen LogP contribution >= 0.6 is 0 Å². The summed E-state index contributed by atoms with van der Waals surface area (Å²) in [7, 11) is 0. The molecule has 2 aromatic carbocycles. The zero-order valence-electron chi connectivity index (χ0n) is 14.6. The highest BCUT2D eigenvalue weighted by Crippen LogP contribution is 2.24. The molecule has 0 saturated heterocycles. The molecule has 0 bridgehead atoms. The van der Waals surface area contributed by atoms with Gasteiger partial charge in [-0.05, 0) is 36.4 Å². The molecule has 0 amide bonds. The Bertz CT molecular complexity index is 1050. The molecule has 2 aliphatic rings. The van der Waals surface area contributed by atoms with Crippen LogP contribution in [0, 0.1) is 0 Å². The number of fused-ring (bicyclic) bond motifs is 2. The Hall–Kier alpha value is -4.14. The van der Waals surface area contributed by atoms with E-state index >= 15 is 0 Å². The second kappa shape index (κ2) is 6.79. The number of hydrogen-bond donors (Lipinski definition) is 0. The van der Waals surface area contributed by atoms with E-state index in [1.54, 1.807) is 0 Å². The Labute approximate surface area is 162 Å². The molecule has 2 aromatic rings. The van der Waals surface area contributed by atoms with Crippen LogP contribution in [0.15, 0.2) is 36.4 Å². The minimum atomic E-state index is -0.887. The van der Waals surface area contributed by atoms with Gasteiger partial charge in [-0.2, -0.15) is 0 Å². The van der Waals surface area contributed by atoms with Crippen molar-refractivity contribution in [2.24, 2.45) is 0 Å². The highest BCUT2D eigenvalue weighted by Gasteiger charge is 2.31. The van der Waals surface area contributed by atoms with E-state index in [0.29, 0.717) is 0 Å². The van der Waals surface area contributed by atoms with Gasteiger partial charge >= 0.3 is 23.9 Å². The molecular weight excluding hydrogens is 384 g/mol. The number of carbonyl (C=O) groups is 6. The monoisotopic (exact) mass is 394 g/mol. The summed E-state index contributed by atoms with van der Waals surface area (Å²) in [4.78, 5) is 70.4. The molecule has 0 atom stereocenters. The van der Waals surface area contributed by atoms with Gasteiger partial charge in [-0.3, -0.25) is 9.59 Å². The topological polar surface area (TPSA) is 130 Å². The summed E-state index contributed by atoms with van der Waals surface area (Å²) in [6, 6.07) is 7.64. The van der Waals surface area contributed by atoms with Crippen molar-refractivity contribution >= 4 is 35.4 Å². The smallest absolute Gasteiger partial charge is 0.346 e. The maximum Gasteiger partial charge on any atom is 0.346 e. The van der Waals surface area contributed by atoms with E-state index in [1.165, 1.54) is 30.3 Å². The van der Waals surface area contributed by atoms with Crippen LogP contribution in [0.5, 0.6) is 0 Å². The maximum atomic E-state index is 12.1. The summed E-state index contributed by atoms with van der Waals surface area (Å²) in [5.41, 5.74) is 0.392. The number of carbonyl (C=O) groups excluding carboxylic acids is 6. The molecule has 0 aromatic heterocycles. The predicted molar refractivity (Wildman–Crippen MR) is 91.6 cm³/mol. The Morgan fingerprint density at radius 3 is 1.90 bits per heavy atom. The number of benzene rings is 2. The first-order chi connectivity index (χ1) is 13.8. The number of Topliss-reactive ketones (excluding diaryl/α,β-unsaturated/α-hetero) is 2. The first-order valence-electron chi connectivity index (χ1n) is 8.30. The van der Waals surface area contributed by atoms with Gasteiger partial charge in [-0.25, -0.2) is 19.2 Å². The van der Waals surface area contributed by atoms with Crippen LogP contribution in [0.2, 0.25) is 0 Å². The average Bonchev–Trinajstić information content (AvgIpc) is 3.16.